The van der Waals surface area contributed by atoms with E-state index in [4.69, 9.17) is 11.6 Å². The quantitative estimate of drug-likeness (QED) is 0.275. The zero-order valence-corrected chi connectivity index (χ0v) is 12.9. The number of rotatable bonds is 4. The lowest BCUT2D eigenvalue weighted by Crippen LogP contribution is -2.01. The van der Waals surface area contributed by atoms with Crippen LogP contribution in [0, 0.1) is 28.4 Å². The van der Waals surface area contributed by atoms with Crippen LogP contribution in [0.1, 0.15) is 21.5 Å². The number of allylic oxidation sites excluding steroid dienone is 1. The summed E-state index contributed by atoms with van der Waals surface area (Å²) in [6.07, 6.45) is 1.34. The van der Waals surface area contributed by atoms with Gasteiger partial charge in [-0.25, -0.2) is 0 Å². The van der Waals surface area contributed by atoms with Gasteiger partial charge in [-0.15, -0.1) is 0 Å². The molecule has 0 amide bonds. The number of nitro benzene ring substituents is 1. The highest BCUT2D eigenvalue weighted by molar-refractivity contribution is 6.30. The highest BCUT2D eigenvalue weighted by atomic mass is 35.5. The largest absolute Gasteiger partial charge is 0.288 e. The van der Waals surface area contributed by atoms with E-state index in [1.807, 2.05) is 6.07 Å². The average Bonchev–Trinajstić information content (AvgIpc) is 2.54. The molecule has 114 valence electrons. The molecular weight excluding hydrogens is 316 g/mol. The van der Waals surface area contributed by atoms with Crippen molar-refractivity contribution in [3.05, 3.63) is 79.9 Å². The van der Waals surface area contributed by atoms with Crippen LogP contribution in [-0.2, 0) is 0 Å². The van der Waals surface area contributed by atoms with Gasteiger partial charge in [0.2, 0.25) is 5.78 Å². The van der Waals surface area contributed by atoms with Crippen molar-refractivity contribution in [3.8, 4) is 6.07 Å². The summed E-state index contributed by atoms with van der Waals surface area (Å²) in [6, 6.07) is 12.5. The van der Waals surface area contributed by atoms with Crippen molar-refractivity contribution in [2.24, 2.45) is 0 Å². The second-order valence-electron chi connectivity index (χ2n) is 4.81. The number of ketones is 1. The van der Waals surface area contributed by atoms with Gasteiger partial charge in [0.05, 0.1) is 4.92 Å². The van der Waals surface area contributed by atoms with Gasteiger partial charge in [-0.1, -0.05) is 23.7 Å². The van der Waals surface area contributed by atoms with Gasteiger partial charge in [0.1, 0.15) is 11.6 Å². The number of carbonyl (C=O) groups excluding carboxylic acids is 1. The molecule has 0 fully saturated rings. The zero-order chi connectivity index (χ0) is 17.0. The summed E-state index contributed by atoms with van der Waals surface area (Å²) in [7, 11) is 0. The van der Waals surface area contributed by atoms with E-state index in [0.29, 0.717) is 21.7 Å². The Labute approximate surface area is 137 Å². The first kappa shape index (κ1) is 16.4. The van der Waals surface area contributed by atoms with Crippen molar-refractivity contribution < 1.29 is 9.72 Å². The molecule has 0 saturated heterocycles. The summed E-state index contributed by atoms with van der Waals surface area (Å²) in [4.78, 5) is 22.8. The number of carbonyl (C=O) groups is 1. The molecule has 2 aromatic rings. The van der Waals surface area contributed by atoms with Crippen LogP contribution in [0.25, 0.3) is 6.08 Å². The summed E-state index contributed by atoms with van der Waals surface area (Å²) in [5, 5.41) is 20.6. The molecule has 6 heteroatoms. The summed E-state index contributed by atoms with van der Waals surface area (Å²) in [6.45, 7) is 1.62. The fourth-order valence-electron chi connectivity index (χ4n) is 1.98. The van der Waals surface area contributed by atoms with Crippen LogP contribution in [0.4, 0.5) is 5.69 Å². The van der Waals surface area contributed by atoms with Crippen LogP contribution in [0.15, 0.2) is 48.0 Å². The van der Waals surface area contributed by atoms with Crippen molar-refractivity contribution in [2.75, 3.05) is 0 Å². The molecule has 2 aromatic carbocycles. The maximum absolute atomic E-state index is 12.3. The molecule has 23 heavy (non-hydrogen) atoms. The SMILES string of the molecule is Cc1ccc(/C=C(\C#N)C(=O)c2ccc(Cl)cc2)cc1[N+](=O)[O-]. The molecule has 0 aliphatic carbocycles. The number of nitrogens with zero attached hydrogens (tertiary/aromatic N) is 2. The van der Waals surface area contributed by atoms with E-state index in [1.165, 1.54) is 24.3 Å². The first-order valence-electron chi connectivity index (χ1n) is 6.59. The topological polar surface area (TPSA) is 84.0 Å². The van der Waals surface area contributed by atoms with Crippen LogP contribution >= 0.6 is 11.6 Å². The second kappa shape index (κ2) is 6.86. The average molecular weight is 327 g/mol. The maximum Gasteiger partial charge on any atom is 0.272 e. The van der Waals surface area contributed by atoms with Crippen molar-refractivity contribution in [1.82, 2.24) is 0 Å². The van der Waals surface area contributed by atoms with Crippen LogP contribution in [-0.4, -0.2) is 10.7 Å². The summed E-state index contributed by atoms with van der Waals surface area (Å²) >= 11 is 5.77. The van der Waals surface area contributed by atoms with Gasteiger partial charge in [-0.3, -0.25) is 14.9 Å². The lowest BCUT2D eigenvalue weighted by Gasteiger charge is -2.02. The monoisotopic (exact) mass is 326 g/mol. The molecule has 5 nitrogen and oxygen atoms in total. The van der Waals surface area contributed by atoms with Crippen LogP contribution < -0.4 is 0 Å². The fraction of sp³-hybridized carbons (Fsp3) is 0.0588. The van der Waals surface area contributed by atoms with E-state index in [2.05, 4.69) is 0 Å². The Bertz CT molecular complexity index is 849. The van der Waals surface area contributed by atoms with E-state index in [0.717, 1.165) is 0 Å². The number of nitro groups is 1. The first-order chi connectivity index (χ1) is 10.9. The van der Waals surface area contributed by atoms with E-state index in [-0.39, 0.29) is 11.3 Å². The minimum atomic E-state index is -0.500. The highest BCUT2D eigenvalue weighted by Gasteiger charge is 2.14. The number of halogens is 1. The lowest BCUT2D eigenvalue weighted by atomic mass is 10.0. The minimum Gasteiger partial charge on any atom is -0.288 e. The number of benzene rings is 2. The van der Waals surface area contributed by atoms with Crippen molar-refractivity contribution in [1.29, 1.82) is 5.26 Å². The Kier molecular flexibility index (Phi) is 4.89. The van der Waals surface area contributed by atoms with Gasteiger partial charge in [-0.05, 0) is 42.8 Å². The molecule has 0 bridgehead atoms. The summed E-state index contributed by atoms with van der Waals surface area (Å²) < 4.78 is 0. The molecule has 0 aliphatic heterocycles. The normalized spacial score (nSPS) is 10.9. The van der Waals surface area contributed by atoms with Crippen LogP contribution in [0.2, 0.25) is 5.02 Å². The van der Waals surface area contributed by atoms with Gasteiger partial charge in [-0.2, -0.15) is 5.26 Å². The van der Waals surface area contributed by atoms with Gasteiger partial charge in [0, 0.05) is 22.2 Å². The molecule has 0 unspecified atom stereocenters. The van der Waals surface area contributed by atoms with Crippen molar-refractivity contribution in [3.63, 3.8) is 0 Å². The highest BCUT2D eigenvalue weighted by Crippen LogP contribution is 2.22. The van der Waals surface area contributed by atoms with Crippen LogP contribution in [0.3, 0.4) is 0 Å². The van der Waals surface area contributed by atoms with Gasteiger partial charge < -0.3 is 0 Å². The van der Waals surface area contributed by atoms with E-state index >= 15 is 0 Å². The van der Waals surface area contributed by atoms with Crippen molar-refractivity contribution in [2.45, 2.75) is 6.92 Å². The van der Waals surface area contributed by atoms with Gasteiger partial charge in [0.25, 0.3) is 5.69 Å². The smallest absolute Gasteiger partial charge is 0.272 e. The number of hydrogen-bond donors (Lipinski definition) is 0. The Balaban J connectivity index is 2.41. The number of aryl methyl sites for hydroxylation is 1. The molecule has 0 N–H and O–H groups in total. The molecule has 0 heterocycles. The number of nitriles is 1. The van der Waals surface area contributed by atoms with Gasteiger partial charge >= 0.3 is 0 Å². The molecule has 2 rings (SSSR count). The summed E-state index contributed by atoms with van der Waals surface area (Å²) in [5.41, 5.74) is 1.08. The number of hydrogen-bond acceptors (Lipinski definition) is 4. The minimum absolute atomic E-state index is 0.0602. The fourth-order valence-corrected chi connectivity index (χ4v) is 2.11. The molecule has 0 aromatic heterocycles. The molecule has 0 atom stereocenters. The Morgan fingerprint density at radius 1 is 1.26 bits per heavy atom. The van der Waals surface area contributed by atoms with E-state index < -0.39 is 10.7 Å². The Morgan fingerprint density at radius 3 is 2.48 bits per heavy atom. The first-order valence-corrected chi connectivity index (χ1v) is 6.97. The van der Waals surface area contributed by atoms with E-state index in [1.54, 1.807) is 31.2 Å². The molecule has 0 saturated carbocycles. The second-order valence-corrected chi connectivity index (χ2v) is 5.25. The van der Waals surface area contributed by atoms with Crippen LogP contribution in [0.5, 0.6) is 0 Å². The third-order valence-electron chi connectivity index (χ3n) is 3.21. The molecule has 0 radical (unpaired) electrons. The lowest BCUT2D eigenvalue weighted by molar-refractivity contribution is -0.385. The maximum atomic E-state index is 12.3. The zero-order valence-electron chi connectivity index (χ0n) is 12.1. The Hall–Kier alpha value is -2.97. The predicted molar refractivity (Wildman–Crippen MR) is 87.2 cm³/mol. The third kappa shape index (κ3) is 3.82. The molecule has 0 spiro atoms. The third-order valence-corrected chi connectivity index (χ3v) is 3.46. The number of Topliss-reactive ketones (excluding diaryl/α,β-unsaturated/α-hetero) is 1. The van der Waals surface area contributed by atoms with Crippen molar-refractivity contribution >= 4 is 29.1 Å². The molecule has 0 aliphatic rings. The summed E-state index contributed by atoms with van der Waals surface area (Å²) in [5.74, 6) is -0.465. The van der Waals surface area contributed by atoms with Gasteiger partial charge in [0.15, 0.2) is 0 Å². The Morgan fingerprint density at radius 2 is 1.91 bits per heavy atom. The van der Waals surface area contributed by atoms with E-state index in [9.17, 15) is 20.2 Å². The standard InChI is InChI=1S/C17H11ClN2O3/c1-11-2-3-12(9-16(11)20(22)23)8-14(10-19)17(21)13-4-6-15(18)7-5-13/h2-9H,1H3/b14-8+. The molecular formula is C17H11ClN2O3. The predicted octanol–water partition coefficient (Wildman–Crippen LogP) is 4.35.